The molecule has 0 spiro atoms. The van der Waals surface area contributed by atoms with Crippen molar-refractivity contribution in [1.29, 1.82) is 0 Å². The summed E-state index contributed by atoms with van der Waals surface area (Å²) in [4.78, 5) is 3.83. The van der Waals surface area contributed by atoms with E-state index >= 15 is 0 Å². The average molecular weight is 385 g/mol. The van der Waals surface area contributed by atoms with E-state index in [1.54, 1.807) is 0 Å². The lowest BCUT2D eigenvalue weighted by Gasteiger charge is -2.13. The SMILES string of the molecule is Fc1ccc(Nc2cnnc(Nc3ccccc3C(F)(F)F)n2)c(F)c1F. The van der Waals surface area contributed by atoms with Crippen LogP contribution in [0.1, 0.15) is 5.56 Å². The molecule has 0 aliphatic heterocycles. The molecule has 3 rings (SSSR count). The number of nitrogens with zero attached hydrogens (tertiary/aromatic N) is 3. The molecule has 0 atom stereocenters. The summed E-state index contributed by atoms with van der Waals surface area (Å²) in [6.07, 6.45) is -3.58. The Bertz CT molecular complexity index is 976. The fourth-order valence-corrected chi connectivity index (χ4v) is 2.14. The molecule has 1 heterocycles. The van der Waals surface area contributed by atoms with Crippen molar-refractivity contribution in [2.75, 3.05) is 10.6 Å². The van der Waals surface area contributed by atoms with Crippen molar-refractivity contribution in [3.63, 3.8) is 0 Å². The van der Waals surface area contributed by atoms with Gasteiger partial charge in [0.2, 0.25) is 5.95 Å². The van der Waals surface area contributed by atoms with Crippen LogP contribution < -0.4 is 10.6 Å². The number of rotatable bonds is 4. The molecule has 0 fully saturated rings. The van der Waals surface area contributed by atoms with Gasteiger partial charge in [-0.05, 0) is 24.3 Å². The highest BCUT2D eigenvalue weighted by Gasteiger charge is 2.33. The van der Waals surface area contributed by atoms with Gasteiger partial charge in [-0.2, -0.15) is 23.3 Å². The van der Waals surface area contributed by atoms with Crippen molar-refractivity contribution < 1.29 is 26.3 Å². The van der Waals surface area contributed by atoms with Crippen LogP contribution >= 0.6 is 0 Å². The molecule has 0 aliphatic rings. The van der Waals surface area contributed by atoms with E-state index in [0.717, 1.165) is 18.3 Å². The number of hydrogen-bond acceptors (Lipinski definition) is 5. The summed E-state index contributed by atoms with van der Waals surface area (Å²) in [5.74, 6) is -5.00. The largest absolute Gasteiger partial charge is 0.418 e. The lowest BCUT2D eigenvalue weighted by Crippen LogP contribution is -2.10. The Morgan fingerprint density at radius 1 is 0.815 bits per heavy atom. The van der Waals surface area contributed by atoms with Gasteiger partial charge in [0, 0.05) is 0 Å². The first-order chi connectivity index (χ1) is 12.8. The van der Waals surface area contributed by atoms with Gasteiger partial charge in [0.05, 0.1) is 23.1 Å². The molecule has 11 heteroatoms. The molecule has 2 aromatic carbocycles. The highest BCUT2D eigenvalue weighted by Crippen LogP contribution is 2.35. The highest BCUT2D eigenvalue weighted by molar-refractivity contribution is 5.61. The van der Waals surface area contributed by atoms with E-state index < -0.39 is 34.9 Å². The Labute approximate surface area is 148 Å². The third-order valence-electron chi connectivity index (χ3n) is 3.34. The van der Waals surface area contributed by atoms with E-state index in [0.29, 0.717) is 6.07 Å². The molecule has 0 amide bonds. The zero-order chi connectivity index (χ0) is 19.6. The number of para-hydroxylation sites is 1. The third kappa shape index (κ3) is 4.07. The van der Waals surface area contributed by atoms with Crippen LogP contribution in [0.3, 0.4) is 0 Å². The van der Waals surface area contributed by atoms with Crippen LogP contribution in [0.15, 0.2) is 42.6 Å². The van der Waals surface area contributed by atoms with Gasteiger partial charge in [-0.1, -0.05) is 12.1 Å². The molecular formula is C16H9F6N5. The van der Waals surface area contributed by atoms with Gasteiger partial charge < -0.3 is 10.6 Å². The Kier molecular flexibility index (Phi) is 4.84. The van der Waals surface area contributed by atoms with Gasteiger partial charge in [0.15, 0.2) is 23.3 Å². The minimum atomic E-state index is -4.61. The van der Waals surface area contributed by atoms with Crippen LogP contribution in [0.5, 0.6) is 0 Å². The molecule has 1 aromatic heterocycles. The normalized spacial score (nSPS) is 11.3. The van der Waals surface area contributed by atoms with Gasteiger partial charge in [0.1, 0.15) is 0 Å². The van der Waals surface area contributed by atoms with Crippen LogP contribution in [-0.2, 0) is 6.18 Å². The second-order valence-corrected chi connectivity index (χ2v) is 5.18. The van der Waals surface area contributed by atoms with Crippen molar-refractivity contribution in [2.45, 2.75) is 6.18 Å². The van der Waals surface area contributed by atoms with E-state index in [-0.39, 0.29) is 17.5 Å². The Balaban J connectivity index is 1.87. The van der Waals surface area contributed by atoms with Gasteiger partial charge >= 0.3 is 6.18 Å². The Morgan fingerprint density at radius 3 is 2.30 bits per heavy atom. The van der Waals surface area contributed by atoms with E-state index in [1.807, 2.05) is 0 Å². The number of nitrogens with one attached hydrogen (secondary N) is 2. The summed E-state index contributed by atoms with van der Waals surface area (Å²) in [6, 6.07) is 6.27. The van der Waals surface area contributed by atoms with E-state index in [2.05, 4.69) is 25.8 Å². The van der Waals surface area contributed by atoms with Crippen LogP contribution in [0.2, 0.25) is 0 Å². The van der Waals surface area contributed by atoms with Crippen LogP contribution in [0.25, 0.3) is 0 Å². The minimum Gasteiger partial charge on any atom is -0.336 e. The number of halogens is 6. The van der Waals surface area contributed by atoms with Crippen LogP contribution in [0, 0.1) is 17.5 Å². The Hall–Kier alpha value is -3.37. The predicted octanol–water partition coefficient (Wildman–Crippen LogP) is 4.79. The first-order valence-electron chi connectivity index (χ1n) is 7.29. The van der Waals surface area contributed by atoms with Crippen LogP contribution in [0.4, 0.5) is 49.5 Å². The predicted molar refractivity (Wildman–Crippen MR) is 84.2 cm³/mol. The van der Waals surface area contributed by atoms with E-state index in [4.69, 9.17) is 0 Å². The maximum absolute atomic E-state index is 13.7. The molecule has 0 saturated heterocycles. The maximum Gasteiger partial charge on any atom is 0.418 e. The summed E-state index contributed by atoms with van der Waals surface area (Å²) in [6.45, 7) is 0. The van der Waals surface area contributed by atoms with E-state index in [9.17, 15) is 26.3 Å². The van der Waals surface area contributed by atoms with Crippen molar-refractivity contribution in [2.24, 2.45) is 0 Å². The summed E-state index contributed by atoms with van der Waals surface area (Å²) in [5.41, 5.74) is -1.70. The van der Waals surface area contributed by atoms with Crippen molar-refractivity contribution in [1.82, 2.24) is 15.2 Å². The van der Waals surface area contributed by atoms with Crippen molar-refractivity contribution in [3.05, 3.63) is 65.6 Å². The molecule has 0 saturated carbocycles. The molecule has 2 N–H and O–H groups in total. The number of aromatic nitrogens is 3. The molecule has 0 bridgehead atoms. The second kappa shape index (κ2) is 7.09. The second-order valence-electron chi connectivity index (χ2n) is 5.18. The van der Waals surface area contributed by atoms with Crippen molar-refractivity contribution in [3.8, 4) is 0 Å². The molecule has 0 radical (unpaired) electrons. The lowest BCUT2D eigenvalue weighted by atomic mass is 10.1. The zero-order valence-corrected chi connectivity index (χ0v) is 13.2. The van der Waals surface area contributed by atoms with Gasteiger partial charge in [0.25, 0.3) is 0 Å². The topological polar surface area (TPSA) is 62.7 Å². The highest BCUT2D eigenvalue weighted by atomic mass is 19.4. The fraction of sp³-hybridized carbons (Fsp3) is 0.0625. The summed E-state index contributed by atoms with van der Waals surface area (Å²) >= 11 is 0. The fourth-order valence-electron chi connectivity index (χ4n) is 2.14. The zero-order valence-electron chi connectivity index (χ0n) is 13.2. The monoisotopic (exact) mass is 385 g/mol. The lowest BCUT2D eigenvalue weighted by molar-refractivity contribution is -0.136. The number of anilines is 4. The minimum absolute atomic E-state index is 0.151. The summed E-state index contributed by atoms with van der Waals surface area (Å²) < 4.78 is 79.0. The first kappa shape index (κ1) is 18.4. The maximum atomic E-state index is 13.7. The molecule has 5 nitrogen and oxygen atoms in total. The standard InChI is InChI=1S/C16H9F6N5/c17-9-5-6-11(14(19)13(9)18)24-12-7-23-27-15(26-12)25-10-4-2-1-3-8(10)16(20,21)22/h1-7H,(H2,24,25,26,27). The summed E-state index contributed by atoms with van der Waals surface area (Å²) in [5, 5.41) is 11.8. The van der Waals surface area contributed by atoms with Gasteiger partial charge in [-0.3, -0.25) is 0 Å². The van der Waals surface area contributed by atoms with Crippen LogP contribution in [-0.4, -0.2) is 15.2 Å². The van der Waals surface area contributed by atoms with Gasteiger partial charge in [-0.15, -0.1) is 5.10 Å². The third-order valence-corrected chi connectivity index (χ3v) is 3.34. The Morgan fingerprint density at radius 2 is 1.56 bits per heavy atom. The molecule has 0 aliphatic carbocycles. The molecule has 0 unspecified atom stereocenters. The number of hydrogen-bond donors (Lipinski definition) is 2. The number of alkyl halides is 3. The smallest absolute Gasteiger partial charge is 0.336 e. The molecule has 27 heavy (non-hydrogen) atoms. The first-order valence-corrected chi connectivity index (χ1v) is 7.29. The molecular weight excluding hydrogens is 376 g/mol. The molecule has 140 valence electrons. The molecule has 3 aromatic rings. The quantitative estimate of drug-likeness (QED) is 0.499. The average Bonchev–Trinajstić information content (AvgIpc) is 2.62. The van der Waals surface area contributed by atoms with Crippen molar-refractivity contribution >= 4 is 23.1 Å². The van der Waals surface area contributed by atoms with Gasteiger partial charge in [-0.25, -0.2) is 13.2 Å². The number of benzene rings is 2. The summed E-state index contributed by atoms with van der Waals surface area (Å²) in [7, 11) is 0. The van der Waals surface area contributed by atoms with E-state index in [1.165, 1.54) is 18.2 Å².